The Labute approximate surface area is 125 Å². The van der Waals surface area contributed by atoms with E-state index in [0.29, 0.717) is 11.3 Å². The van der Waals surface area contributed by atoms with Gasteiger partial charge in [0, 0.05) is 12.8 Å². The highest BCUT2D eigenvalue weighted by Gasteiger charge is 2.43. The molecule has 1 atom stereocenters. The summed E-state index contributed by atoms with van der Waals surface area (Å²) < 4.78 is 34.7. The smallest absolute Gasteiger partial charge is 0.238 e. The van der Waals surface area contributed by atoms with Gasteiger partial charge in [-0.25, -0.2) is 13.6 Å². The van der Waals surface area contributed by atoms with Crippen LogP contribution < -0.4 is 9.88 Å². The van der Waals surface area contributed by atoms with Crippen LogP contribution in [0, 0.1) is 6.92 Å². The van der Waals surface area contributed by atoms with Crippen LogP contribution in [0.3, 0.4) is 0 Å². The van der Waals surface area contributed by atoms with E-state index in [0.717, 1.165) is 32.3 Å². The van der Waals surface area contributed by atoms with E-state index in [9.17, 15) is 8.42 Å². The second-order valence-corrected chi connectivity index (χ2v) is 7.62. The quantitative estimate of drug-likeness (QED) is 0.927. The molecule has 6 heteroatoms. The highest BCUT2D eigenvalue weighted by molar-refractivity contribution is 7.89. The van der Waals surface area contributed by atoms with Gasteiger partial charge in [-0.15, -0.1) is 0 Å². The summed E-state index contributed by atoms with van der Waals surface area (Å²) in [6.07, 6.45) is 5.40. The predicted molar refractivity (Wildman–Crippen MR) is 78.7 cm³/mol. The molecule has 1 heterocycles. The average molecular weight is 311 g/mol. The maximum Gasteiger partial charge on any atom is 0.238 e. The van der Waals surface area contributed by atoms with E-state index in [-0.39, 0.29) is 16.6 Å². The number of aryl methyl sites for hydroxylation is 1. The molecule has 1 saturated heterocycles. The fraction of sp³-hybridized carbons (Fsp3) is 0.600. The van der Waals surface area contributed by atoms with E-state index in [4.69, 9.17) is 14.6 Å². The minimum Gasteiger partial charge on any atom is -0.490 e. The summed E-state index contributed by atoms with van der Waals surface area (Å²) in [6, 6.07) is 4.93. The molecule has 0 bridgehead atoms. The van der Waals surface area contributed by atoms with E-state index in [1.165, 1.54) is 12.5 Å². The van der Waals surface area contributed by atoms with E-state index < -0.39 is 10.0 Å². The lowest BCUT2D eigenvalue weighted by molar-refractivity contribution is -0.153. The van der Waals surface area contributed by atoms with Crippen LogP contribution in [0.5, 0.6) is 5.75 Å². The van der Waals surface area contributed by atoms with Crippen LogP contribution in [0.4, 0.5) is 0 Å². The summed E-state index contributed by atoms with van der Waals surface area (Å²) in [5.41, 5.74) is 0.652. The number of ether oxygens (including phenoxy) is 2. The summed E-state index contributed by atoms with van der Waals surface area (Å²) >= 11 is 0. The van der Waals surface area contributed by atoms with Gasteiger partial charge in [0.25, 0.3) is 0 Å². The summed E-state index contributed by atoms with van der Waals surface area (Å²) in [7, 11) is -3.67. The molecule has 5 nitrogen and oxygen atoms in total. The van der Waals surface area contributed by atoms with Crippen molar-refractivity contribution < 1.29 is 17.9 Å². The molecular formula is C15H21NO4S. The highest BCUT2D eigenvalue weighted by Crippen LogP contribution is 2.43. The topological polar surface area (TPSA) is 78.6 Å². The molecule has 2 N–H and O–H groups in total. The zero-order valence-electron chi connectivity index (χ0n) is 12.2. The van der Waals surface area contributed by atoms with Crippen LogP contribution in [-0.2, 0) is 14.8 Å². The van der Waals surface area contributed by atoms with Crippen molar-refractivity contribution >= 4 is 10.0 Å². The zero-order valence-corrected chi connectivity index (χ0v) is 13.0. The fourth-order valence-electron chi connectivity index (χ4n) is 3.21. The SMILES string of the molecule is Cc1cc(OC2CCOC3(CCC3)C2)ccc1S(N)(=O)=O. The maximum absolute atomic E-state index is 11.4. The lowest BCUT2D eigenvalue weighted by atomic mass is 9.74. The average Bonchev–Trinajstić information content (AvgIpc) is 2.35. The molecule has 1 aliphatic carbocycles. The number of sulfonamides is 1. The molecular weight excluding hydrogens is 290 g/mol. The molecule has 1 aliphatic heterocycles. The number of nitrogens with two attached hydrogens (primary N) is 1. The first-order valence-corrected chi connectivity index (χ1v) is 8.87. The first kappa shape index (κ1) is 14.8. The van der Waals surface area contributed by atoms with Gasteiger partial charge in [0.1, 0.15) is 11.9 Å². The third-order valence-corrected chi connectivity index (χ3v) is 5.54. The van der Waals surface area contributed by atoms with Gasteiger partial charge in [0.2, 0.25) is 10.0 Å². The first-order chi connectivity index (χ1) is 9.88. The third-order valence-electron chi connectivity index (χ3n) is 4.47. The lowest BCUT2D eigenvalue weighted by Crippen LogP contribution is -2.48. The molecule has 21 heavy (non-hydrogen) atoms. The Bertz CT molecular complexity index is 637. The van der Waals surface area contributed by atoms with Crippen molar-refractivity contribution in [2.75, 3.05) is 6.61 Å². The molecule has 1 unspecified atom stereocenters. The third kappa shape index (κ3) is 3.07. The fourth-order valence-corrected chi connectivity index (χ4v) is 3.98. The maximum atomic E-state index is 11.4. The standard InChI is InChI=1S/C15H21NO4S/c1-11-9-12(3-4-14(11)21(16,17)18)20-13-5-8-19-15(10-13)6-2-7-15/h3-4,9,13H,2,5-8,10H2,1H3,(H2,16,17,18). The van der Waals surface area contributed by atoms with E-state index >= 15 is 0 Å². The lowest BCUT2D eigenvalue weighted by Gasteiger charge is -2.46. The first-order valence-electron chi connectivity index (χ1n) is 7.32. The molecule has 116 valence electrons. The summed E-state index contributed by atoms with van der Waals surface area (Å²) in [4.78, 5) is 0.150. The van der Waals surface area contributed by atoms with Crippen LogP contribution in [0.2, 0.25) is 0 Å². The molecule has 1 saturated carbocycles. The number of primary sulfonamides is 1. The van der Waals surface area contributed by atoms with Gasteiger partial charge < -0.3 is 9.47 Å². The van der Waals surface area contributed by atoms with Crippen molar-refractivity contribution in [3.05, 3.63) is 23.8 Å². The van der Waals surface area contributed by atoms with Crippen molar-refractivity contribution in [1.82, 2.24) is 0 Å². The van der Waals surface area contributed by atoms with E-state index in [2.05, 4.69) is 0 Å². The van der Waals surface area contributed by atoms with Gasteiger partial charge in [0.15, 0.2) is 0 Å². The Balaban J connectivity index is 1.72. The summed E-state index contributed by atoms with van der Waals surface area (Å²) in [6.45, 7) is 2.46. The number of benzene rings is 1. The Morgan fingerprint density at radius 3 is 2.71 bits per heavy atom. The Morgan fingerprint density at radius 2 is 2.14 bits per heavy atom. The second-order valence-electron chi connectivity index (χ2n) is 6.09. The van der Waals surface area contributed by atoms with Gasteiger partial charge in [0.05, 0.1) is 17.1 Å². The van der Waals surface area contributed by atoms with Crippen molar-refractivity contribution in [1.29, 1.82) is 0 Å². The largest absolute Gasteiger partial charge is 0.490 e. The molecule has 1 spiro atoms. The van der Waals surface area contributed by atoms with Gasteiger partial charge in [-0.05, 0) is 49.9 Å². The Kier molecular flexibility index (Phi) is 3.71. The molecule has 3 rings (SSSR count). The summed E-state index contributed by atoms with van der Waals surface area (Å²) in [5, 5.41) is 5.17. The minimum absolute atomic E-state index is 0.0402. The predicted octanol–water partition coefficient (Wildman–Crippen LogP) is 2.12. The van der Waals surface area contributed by atoms with Gasteiger partial charge in [-0.2, -0.15) is 0 Å². The normalized spacial score (nSPS) is 24.6. The Hall–Kier alpha value is -1.11. The van der Waals surface area contributed by atoms with Gasteiger partial charge >= 0.3 is 0 Å². The minimum atomic E-state index is -3.67. The molecule has 2 aliphatic rings. The monoisotopic (exact) mass is 311 g/mol. The Morgan fingerprint density at radius 1 is 1.38 bits per heavy atom. The van der Waals surface area contributed by atoms with Crippen molar-refractivity contribution in [2.45, 2.75) is 55.6 Å². The van der Waals surface area contributed by atoms with Crippen LogP contribution in [0.1, 0.15) is 37.7 Å². The van der Waals surface area contributed by atoms with Crippen molar-refractivity contribution in [3.63, 3.8) is 0 Å². The van der Waals surface area contributed by atoms with Gasteiger partial charge in [-0.3, -0.25) is 0 Å². The van der Waals surface area contributed by atoms with Crippen molar-refractivity contribution in [3.8, 4) is 5.75 Å². The number of hydrogen-bond donors (Lipinski definition) is 1. The molecule has 1 aromatic carbocycles. The highest BCUT2D eigenvalue weighted by atomic mass is 32.2. The summed E-state index contributed by atoms with van der Waals surface area (Å²) in [5.74, 6) is 0.696. The molecule has 2 fully saturated rings. The van der Waals surface area contributed by atoms with Crippen LogP contribution in [-0.4, -0.2) is 26.7 Å². The number of rotatable bonds is 3. The van der Waals surface area contributed by atoms with Crippen LogP contribution in [0.15, 0.2) is 23.1 Å². The molecule has 1 aromatic rings. The van der Waals surface area contributed by atoms with Gasteiger partial charge in [-0.1, -0.05) is 0 Å². The van der Waals surface area contributed by atoms with Crippen LogP contribution in [0.25, 0.3) is 0 Å². The van der Waals surface area contributed by atoms with E-state index in [1.807, 2.05) is 0 Å². The molecule has 0 aromatic heterocycles. The van der Waals surface area contributed by atoms with E-state index in [1.54, 1.807) is 19.1 Å². The van der Waals surface area contributed by atoms with Crippen molar-refractivity contribution in [2.24, 2.45) is 5.14 Å². The molecule has 0 radical (unpaired) electrons. The number of hydrogen-bond acceptors (Lipinski definition) is 4. The second kappa shape index (κ2) is 5.26. The molecule has 0 amide bonds. The van der Waals surface area contributed by atoms with Crippen LogP contribution >= 0.6 is 0 Å². The zero-order chi connectivity index (χ0) is 15.1.